The number of nitrogens with one attached hydrogen (secondary N) is 2. The average molecular weight is 483 g/mol. The number of imidazole rings is 1. The number of carbonyl (C=O) groups excluding carboxylic acids is 1. The van der Waals surface area contributed by atoms with E-state index in [2.05, 4.69) is 31.1 Å². The van der Waals surface area contributed by atoms with Crippen LogP contribution >= 0.6 is 0 Å². The van der Waals surface area contributed by atoms with Crippen LogP contribution in [0.5, 0.6) is 17.2 Å². The van der Waals surface area contributed by atoms with Crippen molar-refractivity contribution in [3.05, 3.63) is 65.4 Å². The van der Waals surface area contributed by atoms with Crippen LogP contribution < -0.4 is 14.8 Å². The highest BCUT2D eigenvalue weighted by Gasteiger charge is 2.29. The van der Waals surface area contributed by atoms with Crippen LogP contribution in [0.15, 0.2) is 42.7 Å². The Balaban J connectivity index is 1.12. The van der Waals surface area contributed by atoms with E-state index < -0.39 is 0 Å². The molecule has 1 unspecified atom stereocenters. The topological polar surface area (TPSA) is 107 Å². The van der Waals surface area contributed by atoms with Crippen molar-refractivity contribution < 1.29 is 14.3 Å². The Morgan fingerprint density at radius 1 is 1.17 bits per heavy atom. The molecule has 0 spiro atoms. The van der Waals surface area contributed by atoms with E-state index in [1.54, 1.807) is 6.20 Å². The van der Waals surface area contributed by atoms with E-state index in [4.69, 9.17) is 14.5 Å². The van der Waals surface area contributed by atoms with Gasteiger partial charge in [-0.15, -0.1) is 0 Å². The summed E-state index contributed by atoms with van der Waals surface area (Å²) in [5, 5.41) is 7.50. The average Bonchev–Trinajstić information content (AvgIpc) is 3.47. The van der Waals surface area contributed by atoms with Gasteiger partial charge >= 0.3 is 0 Å². The molecule has 0 radical (unpaired) electrons. The molecule has 2 aliphatic heterocycles. The molecule has 7 rings (SSSR count). The number of carbonyl (C=O) groups is 1. The highest BCUT2D eigenvalue weighted by molar-refractivity contribution is 5.93. The lowest BCUT2D eigenvalue weighted by Crippen LogP contribution is -2.20. The summed E-state index contributed by atoms with van der Waals surface area (Å²) in [5.74, 6) is 3.91. The third kappa shape index (κ3) is 3.80. The van der Waals surface area contributed by atoms with E-state index in [0.717, 1.165) is 52.0 Å². The summed E-state index contributed by atoms with van der Waals surface area (Å²) in [6.45, 7) is 2.60. The highest BCUT2D eigenvalue weighted by atomic mass is 16.5. The van der Waals surface area contributed by atoms with Gasteiger partial charge in [-0.2, -0.15) is 5.10 Å². The first-order valence-electron chi connectivity index (χ1n) is 12.4. The maximum absolute atomic E-state index is 11.7. The molecule has 1 saturated carbocycles. The first-order valence-corrected chi connectivity index (χ1v) is 12.4. The van der Waals surface area contributed by atoms with Crippen LogP contribution in [-0.2, 0) is 17.6 Å². The van der Waals surface area contributed by atoms with E-state index >= 15 is 0 Å². The van der Waals surface area contributed by atoms with Crippen molar-refractivity contribution in [3.8, 4) is 28.6 Å². The van der Waals surface area contributed by atoms with Crippen molar-refractivity contribution in [2.75, 3.05) is 11.9 Å². The number of benzene rings is 1. The Kier molecular flexibility index (Phi) is 4.83. The summed E-state index contributed by atoms with van der Waals surface area (Å²) in [6, 6.07) is 10.4. The Hall–Kier alpha value is -4.14. The van der Waals surface area contributed by atoms with Gasteiger partial charge in [-0.25, -0.2) is 9.97 Å². The molecule has 9 heteroatoms. The molecule has 1 aromatic carbocycles. The second-order valence-electron chi connectivity index (χ2n) is 9.79. The molecule has 36 heavy (non-hydrogen) atoms. The van der Waals surface area contributed by atoms with Crippen molar-refractivity contribution in [1.82, 2.24) is 24.7 Å². The fraction of sp³-hybridized carbons (Fsp3) is 0.333. The van der Waals surface area contributed by atoms with Crippen LogP contribution in [0.1, 0.15) is 53.9 Å². The molecule has 3 aromatic heterocycles. The van der Waals surface area contributed by atoms with Crippen molar-refractivity contribution in [3.63, 3.8) is 0 Å². The molecule has 4 aromatic rings. The van der Waals surface area contributed by atoms with Gasteiger partial charge in [0.2, 0.25) is 5.91 Å². The number of aromatic nitrogens is 5. The summed E-state index contributed by atoms with van der Waals surface area (Å²) in [6.07, 6.45) is 7.83. The number of hydrogen-bond donors (Lipinski definition) is 2. The molecule has 5 heterocycles. The molecule has 3 aliphatic rings. The Morgan fingerprint density at radius 2 is 2.08 bits per heavy atom. The molecule has 182 valence electrons. The number of pyridine rings is 1. The van der Waals surface area contributed by atoms with E-state index in [1.165, 1.54) is 12.8 Å². The van der Waals surface area contributed by atoms with E-state index in [-0.39, 0.29) is 11.8 Å². The molecule has 1 amide bonds. The largest absolute Gasteiger partial charge is 0.493 e. The quantitative estimate of drug-likeness (QED) is 0.427. The van der Waals surface area contributed by atoms with Gasteiger partial charge in [0.05, 0.1) is 30.0 Å². The molecule has 2 N–H and O–H groups in total. The van der Waals surface area contributed by atoms with Gasteiger partial charge in [0.1, 0.15) is 34.6 Å². The number of aryl methyl sites for hydroxylation is 1. The van der Waals surface area contributed by atoms with Gasteiger partial charge in [0, 0.05) is 24.4 Å². The maximum Gasteiger partial charge on any atom is 0.225 e. The molecule has 0 bridgehead atoms. The van der Waals surface area contributed by atoms with Crippen molar-refractivity contribution in [1.29, 1.82) is 0 Å². The second kappa shape index (κ2) is 8.22. The first-order chi connectivity index (χ1) is 17.6. The molecule has 9 nitrogen and oxygen atoms in total. The molecular formula is C27H26N6O3. The first kappa shape index (κ1) is 21.2. The minimum atomic E-state index is -0.0164. The van der Waals surface area contributed by atoms with Gasteiger partial charge < -0.3 is 19.8 Å². The number of anilines is 1. The number of amides is 1. The summed E-state index contributed by atoms with van der Waals surface area (Å²) in [4.78, 5) is 24.3. The van der Waals surface area contributed by atoms with E-state index in [0.29, 0.717) is 37.1 Å². The molecule has 0 saturated heterocycles. The van der Waals surface area contributed by atoms with Crippen LogP contribution in [-0.4, -0.2) is 37.2 Å². The fourth-order valence-electron chi connectivity index (χ4n) is 5.07. The summed E-state index contributed by atoms with van der Waals surface area (Å²) >= 11 is 0. The normalized spacial score (nSPS) is 18.7. The van der Waals surface area contributed by atoms with Crippen molar-refractivity contribution in [2.45, 2.75) is 51.0 Å². The van der Waals surface area contributed by atoms with Gasteiger partial charge in [-0.05, 0) is 68.5 Å². The number of nitrogens with zero attached hydrogens (tertiary/aromatic N) is 4. The Morgan fingerprint density at radius 3 is 2.97 bits per heavy atom. The monoisotopic (exact) mass is 482 g/mol. The van der Waals surface area contributed by atoms with Crippen LogP contribution in [0.3, 0.4) is 0 Å². The van der Waals surface area contributed by atoms with E-state index in [1.807, 2.05) is 37.4 Å². The maximum atomic E-state index is 11.7. The second-order valence-corrected chi connectivity index (χ2v) is 9.79. The predicted molar refractivity (Wildman–Crippen MR) is 132 cm³/mol. The molecular weight excluding hydrogens is 456 g/mol. The summed E-state index contributed by atoms with van der Waals surface area (Å²) < 4.78 is 14.5. The predicted octanol–water partition coefficient (Wildman–Crippen LogP) is 4.71. The molecule has 1 fully saturated rings. The Labute approximate surface area is 207 Å². The van der Waals surface area contributed by atoms with Crippen molar-refractivity contribution in [2.24, 2.45) is 0 Å². The minimum absolute atomic E-state index is 0.0164. The van der Waals surface area contributed by atoms with Crippen LogP contribution in [0.25, 0.3) is 11.4 Å². The number of ether oxygens (including phenoxy) is 2. The SMILES string of the molecule is Cc1cc(-c2c[nH]c(C3COc4ccc(Oc5ccnc6c5CCC(=O)N6)cc4C3)n2)n(C2CC2)n1. The Bertz CT molecular complexity index is 1480. The van der Waals surface area contributed by atoms with Crippen LogP contribution in [0, 0.1) is 6.92 Å². The third-order valence-electron chi connectivity index (χ3n) is 7.04. The standard InChI is InChI=1S/C27H26N6O3/c1-15-10-22(33(32-15)18-2-3-18)21-13-29-26(30-21)17-11-16-12-19(4-6-23(16)35-14-17)36-24-8-9-28-27-20(24)5-7-25(34)31-27/h4,6,8-10,12-13,17-18H,2-3,5,7,11,14H2,1H3,(H,29,30)(H,28,31,34). The molecule has 1 aliphatic carbocycles. The van der Waals surface area contributed by atoms with Gasteiger partial charge in [-0.1, -0.05) is 0 Å². The number of H-pyrrole nitrogens is 1. The lowest BCUT2D eigenvalue weighted by Gasteiger charge is -2.25. The number of rotatable bonds is 5. The lowest BCUT2D eigenvalue weighted by atomic mass is 9.96. The van der Waals surface area contributed by atoms with Crippen LogP contribution in [0.4, 0.5) is 5.82 Å². The zero-order valence-corrected chi connectivity index (χ0v) is 20.0. The minimum Gasteiger partial charge on any atom is -0.493 e. The summed E-state index contributed by atoms with van der Waals surface area (Å²) in [7, 11) is 0. The number of aromatic amines is 1. The number of fused-ring (bicyclic) bond motifs is 2. The van der Waals surface area contributed by atoms with Crippen LogP contribution in [0.2, 0.25) is 0 Å². The zero-order valence-electron chi connectivity index (χ0n) is 20.0. The third-order valence-corrected chi connectivity index (χ3v) is 7.04. The smallest absolute Gasteiger partial charge is 0.225 e. The summed E-state index contributed by atoms with van der Waals surface area (Å²) in [5.41, 5.74) is 5.02. The highest BCUT2D eigenvalue weighted by Crippen LogP contribution is 2.40. The molecule has 1 atom stereocenters. The zero-order chi connectivity index (χ0) is 24.2. The van der Waals surface area contributed by atoms with Crippen molar-refractivity contribution >= 4 is 11.7 Å². The number of hydrogen-bond acceptors (Lipinski definition) is 6. The van der Waals surface area contributed by atoms with Gasteiger partial charge in [0.25, 0.3) is 0 Å². The van der Waals surface area contributed by atoms with E-state index in [9.17, 15) is 4.79 Å². The van der Waals surface area contributed by atoms with Gasteiger partial charge in [0.15, 0.2) is 0 Å². The van der Waals surface area contributed by atoms with Gasteiger partial charge in [-0.3, -0.25) is 9.48 Å². The fourth-order valence-corrected chi connectivity index (χ4v) is 5.07. The lowest BCUT2D eigenvalue weighted by molar-refractivity contribution is -0.116.